The van der Waals surface area contributed by atoms with Gasteiger partial charge in [-0.25, -0.2) is 9.38 Å². The number of hydrogen-bond donors (Lipinski definition) is 1. The molecule has 1 aromatic carbocycles. The van der Waals surface area contributed by atoms with Crippen LogP contribution in [0.5, 0.6) is 0 Å². The van der Waals surface area contributed by atoms with Crippen LogP contribution in [0.4, 0.5) is 5.95 Å². The third-order valence-corrected chi connectivity index (χ3v) is 4.59. The Kier molecular flexibility index (Phi) is 3.38. The smallest absolute Gasteiger partial charge is 0.213 e. The molecule has 1 fully saturated rings. The number of fused-ring (bicyclic) bond motifs is 3. The zero-order valence-corrected chi connectivity index (χ0v) is 13.7. The molecule has 25 heavy (non-hydrogen) atoms. The fraction of sp³-hybridized carbons (Fsp3) is 0.278. The largest absolute Gasteiger partial charge is 0.461 e. The first kappa shape index (κ1) is 14.4. The standard InChI is InChI=1S/C18H18N6O/c1-2-6-14-13(5-1)16-21-22-17(15-7-3-12-25-15)24(16)18(20-14)23-10-4-8-19-9-11-23/h1-3,5-7,12,19H,4,8-11H2. The first-order valence-electron chi connectivity index (χ1n) is 8.55. The molecule has 0 atom stereocenters. The minimum absolute atomic E-state index is 0.686. The zero-order valence-electron chi connectivity index (χ0n) is 13.7. The minimum atomic E-state index is 0.686. The number of anilines is 1. The zero-order chi connectivity index (χ0) is 16.6. The van der Waals surface area contributed by atoms with Crippen molar-refractivity contribution in [1.82, 2.24) is 24.9 Å². The Hall–Kier alpha value is -2.93. The Morgan fingerprint density at radius 1 is 1.00 bits per heavy atom. The van der Waals surface area contributed by atoms with Crippen LogP contribution in [0.15, 0.2) is 47.1 Å². The second kappa shape index (κ2) is 5.86. The monoisotopic (exact) mass is 334 g/mol. The van der Waals surface area contributed by atoms with Crippen molar-refractivity contribution < 1.29 is 4.42 Å². The Bertz CT molecular complexity index is 1010. The second-order valence-electron chi connectivity index (χ2n) is 6.18. The molecule has 7 heteroatoms. The highest BCUT2D eigenvalue weighted by Crippen LogP contribution is 2.28. The summed E-state index contributed by atoms with van der Waals surface area (Å²) >= 11 is 0. The summed E-state index contributed by atoms with van der Waals surface area (Å²) in [5, 5.41) is 13.3. The first-order valence-corrected chi connectivity index (χ1v) is 8.55. The first-order chi connectivity index (χ1) is 12.4. The van der Waals surface area contributed by atoms with Crippen molar-refractivity contribution >= 4 is 22.5 Å². The predicted molar refractivity (Wildman–Crippen MR) is 95.7 cm³/mol. The number of para-hydroxylation sites is 1. The lowest BCUT2D eigenvalue weighted by Gasteiger charge is -2.22. The number of benzene rings is 1. The molecule has 126 valence electrons. The van der Waals surface area contributed by atoms with Gasteiger partial charge in [-0.3, -0.25) is 0 Å². The van der Waals surface area contributed by atoms with E-state index in [1.807, 2.05) is 40.8 Å². The van der Waals surface area contributed by atoms with Gasteiger partial charge in [0.2, 0.25) is 11.8 Å². The molecule has 0 radical (unpaired) electrons. The summed E-state index contributed by atoms with van der Waals surface area (Å²) in [4.78, 5) is 7.25. The summed E-state index contributed by atoms with van der Waals surface area (Å²) in [5.74, 6) is 2.25. The van der Waals surface area contributed by atoms with Crippen LogP contribution >= 0.6 is 0 Å². The molecule has 1 aliphatic rings. The van der Waals surface area contributed by atoms with Crippen LogP contribution in [0.25, 0.3) is 28.1 Å². The molecular formula is C18H18N6O. The van der Waals surface area contributed by atoms with Gasteiger partial charge >= 0.3 is 0 Å². The van der Waals surface area contributed by atoms with Crippen LogP contribution in [-0.2, 0) is 0 Å². The summed E-state index contributed by atoms with van der Waals surface area (Å²) in [5.41, 5.74) is 1.74. The van der Waals surface area contributed by atoms with Crippen LogP contribution in [0.1, 0.15) is 6.42 Å². The van der Waals surface area contributed by atoms with E-state index in [0.717, 1.165) is 55.1 Å². The van der Waals surface area contributed by atoms with E-state index in [1.54, 1.807) is 6.26 Å². The average Bonchev–Trinajstić information content (AvgIpc) is 3.25. The highest BCUT2D eigenvalue weighted by Gasteiger charge is 2.21. The highest BCUT2D eigenvalue weighted by molar-refractivity contribution is 5.93. The van der Waals surface area contributed by atoms with Crippen LogP contribution in [0.3, 0.4) is 0 Å². The third-order valence-electron chi connectivity index (χ3n) is 4.59. The normalized spacial score (nSPS) is 15.8. The van der Waals surface area contributed by atoms with Crippen LogP contribution in [0, 0.1) is 0 Å². The van der Waals surface area contributed by atoms with Gasteiger partial charge < -0.3 is 14.6 Å². The average molecular weight is 334 g/mol. The number of furan rings is 1. The number of nitrogens with one attached hydrogen (secondary N) is 1. The van der Waals surface area contributed by atoms with E-state index in [4.69, 9.17) is 9.40 Å². The van der Waals surface area contributed by atoms with Crippen molar-refractivity contribution in [3.63, 3.8) is 0 Å². The topological polar surface area (TPSA) is 71.5 Å². The summed E-state index contributed by atoms with van der Waals surface area (Å²) in [7, 11) is 0. The molecule has 1 N–H and O–H groups in total. The van der Waals surface area contributed by atoms with Gasteiger partial charge in [-0.05, 0) is 37.2 Å². The van der Waals surface area contributed by atoms with Crippen LogP contribution in [0.2, 0.25) is 0 Å². The molecule has 0 amide bonds. The number of nitrogens with zero attached hydrogens (tertiary/aromatic N) is 5. The van der Waals surface area contributed by atoms with Crippen molar-refractivity contribution in [3.05, 3.63) is 42.7 Å². The Labute approximate surface area is 144 Å². The maximum absolute atomic E-state index is 5.58. The third kappa shape index (κ3) is 2.35. The molecule has 4 heterocycles. The lowest BCUT2D eigenvalue weighted by atomic mass is 10.2. The van der Waals surface area contributed by atoms with E-state index in [1.165, 1.54) is 0 Å². The van der Waals surface area contributed by atoms with Crippen molar-refractivity contribution in [2.45, 2.75) is 6.42 Å². The molecule has 0 aliphatic carbocycles. The van der Waals surface area contributed by atoms with Gasteiger partial charge in [0.25, 0.3) is 0 Å². The molecule has 1 saturated heterocycles. The van der Waals surface area contributed by atoms with E-state index in [0.29, 0.717) is 11.6 Å². The molecular weight excluding hydrogens is 316 g/mol. The molecule has 0 spiro atoms. The van der Waals surface area contributed by atoms with Crippen molar-refractivity contribution in [1.29, 1.82) is 0 Å². The van der Waals surface area contributed by atoms with Gasteiger partial charge in [0.1, 0.15) is 0 Å². The lowest BCUT2D eigenvalue weighted by molar-refractivity contribution is 0.576. The quantitative estimate of drug-likeness (QED) is 0.607. The van der Waals surface area contributed by atoms with Gasteiger partial charge in [0, 0.05) is 25.0 Å². The number of aromatic nitrogens is 4. The summed E-state index contributed by atoms with van der Waals surface area (Å²) in [6.07, 6.45) is 2.73. The molecule has 0 unspecified atom stereocenters. The van der Waals surface area contributed by atoms with Gasteiger partial charge in [-0.2, -0.15) is 0 Å². The Balaban J connectivity index is 1.81. The summed E-state index contributed by atoms with van der Waals surface area (Å²) in [6.45, 7) is 3.81. The van der Waals surface area contributed by atoms with E-state index in [9.17, 15) is 0 Å². The SMILES string of the molecule is c1coc(-c2nnc3c4ccccc4nc(N4CCCNCC4)n23)c1. The van der Waals surface area contributed by atoms with Crippen molar-refractivity contribution in [2.24, 2.45) is 0 Å². The molecule has 0 bridgehead atoms. The summed E-state index contributed by atoms with van der Waals surface area (Å²) < 4.78 is 7.60. The maximum Gasteiger partial charge on any atom is 0.213 e. The van der Waals surface area contributed by atoms with Gasteiger partial charge in [-0.1, -0.05) is 12.1 Å². The predicted octanol–water partition coefficient (Wildman–Crippen LogP) is 2.34. The minimum Gasteiger partial charge on any atom is -0.461 e. The number of hydrogen-bond acceptors (Lipinski definition) is 6. The van der Waals surface area contributed by atoms with Crippen LogP contribution < -0.4 is 10.2 Å². The second-order valence-corrected chi connectivity index (χ2v) is 6.18. The molecule has 7 nitrogen and oxygen atoms in total. The molecule has 1 aliphatic heterocycles. The molecule has 0 saturated carbocycles. The van der Waals surface area contributed by atoms with Crippen LogP contribution in [-0.4, -0.2) is 45.8 Å². The van der Waals surface area contributed by atoms with Crippen molar-refractivity contribution in [2.75, 3.05) is 31.1 Å². The lowest BCUT2D eigenvalue weighted by Crippen LogP contribution is -2.30. The molecule has 3 aromatic heterocycles. The van der Waals surface area contributed by atoms with E-state index in [-0.39, 0.29) is 0 Å². The van der Waals surface area contributed by atoms with Gasteiger partial charge in [0.05, 0.1) is 11.8 Å². The van der Waals surface area contributed by atoms with E-state index in [2.05, 4.69) is 20.4 Å². The van der Waals surface area contributed by atoms with E-state index < -0.39 is 0 Å². The Morgan fingerprint density at radius 3 is 2.88 bits per heavy atom. The van der Waals surface area contributed by atoms with Gasteiger partial charge in [-0.15, -0.1) is 10.2 Å². The molecule has 4 aromatic rings. The fourth-order valence-corrected chi connectivity index (χ4v) is 3.39. The Morgan fingerprint density at radius 2 is 1.96 bits per heavy atom. The fourth-order valence-electron chi connectivity index (χ4n) is 3.39. The van der Waals surface area contributed by atoms with E-state index >= 15 is 0 Å². The molecule has 5 rings (SSSR count). The van der Waals surface area contributed by atoms with Crippen molar-refractivity contribution in [3.8, 4) is 11.6 Å². The summed E-state index contributed by atoms with van der Waals surface area (Å²) in [6, 6.07) is 11.8. The highest BCUT2D eigenvalue weighted by atomic mass is 16.3. The number of rotatable bonds is 2. The van der Waals surface area contributed by atoms with Gasteiger partial charge in [0.15, 0.2) is 11.4 Å². The maximum atomic E-state index is 5.58.